The minimum Gasteiger partial charge on any atom is -0.457 e. The second-order valence-corrected chi connectivity index (χ2v) is 12.8. The first kappa shape index (κ1) is 30.5. The van der Waals surface area contributed by atoms with Crippen LogP contribution in [0.25, 0.3) is 0 Å². The first-order valence-corrected chi connectivity index (χ1v) is 15.8. The van der Waals surface area contributed by atoms with Crippen LogP contribution in [0.15, 0.2) is 72.8 Å². The molecule has 1 fully saturated rings. The quantitative estimate of drug-likeness (QED) is 0.257. The Labute approximate surface area is 242 Å². The van der Waals surface area contributed by atoms with E-state index < -0.39 is 10.0 Å². The number of benzene rings is 3. The molecule has 1 saturated heterocycles. The van der Waals surface area contributed by atoms with Gasteiger partial charge < -0.3 is 15.4 Å². The molecule has 1 unspecified atom stereocenters. The number of piperidine rings is 1. The zero-order valence-electron chi connectivity index (χ0n) is 23.8. The zero-order chi connectivity index (χ0) is 29.4. The number of carbonyl (C=O) groups excluding carboxylic acids is 1. The van der Waals surface area contributed by atoms with E-state index in [4.69, 9.17) is 4.74 Å². The molecule has 1 amide bonds. The lowest BCUT2D eigenvalue weighted by Gasteiger charge is -2.34. The van der Waals surface area contributed by atoms with Crippen molar-refractivity contribution in [2.75, 3.05) is 29.4 Å². The van der Waals surface area contributed by atoms with Crippen LogP contribution in [0.3, 0.4) is 0 Å². The van der Waals surface area contributed by atoms with Crippen LogP contribution in [0.2, 0.25) is 0 Å². The molecule has 1 aliphatic heterocycles. The first-order chi connectivity index (χ1) is 19.5. The summed E-state index contributed by atoms with van der Waals surface area (Å²) in [5, 5.41) is 6.51. The van der Waals surface area contributed by atoms with Crippen molar-refractivity contribution in [3.63, 3.8) is 0 Å². The lowest BCUT2D eigenvalue weighted by atomic mass is 9.98. The molecule has 4 rings (SSSR count). The highest BCUT2D eigenvalue weighted by molar-refractivity contribution is 7.92. The molecule has 0 spiro atoms. The number of ether oxygens (including phenoxy) is 1. The monoisotopic (exact) mass is 582 g/mol. The molecule has 41 heavy (non-hydrogen) atoms. The highest BCUT2D eigenvalue weighted by Gasteiger charge is 2.26. The van der Waals surface area contributed by atoms with Gasteiger partial charge in [-0.05, 0) is 104 Å². The summed E-state index contributed by atoms with van der Waals surface area (Å²) in [6, 6.07) is 20.5. The minimum absolute atomic E-state index is 0.0865. The Balaban J connectivity index is 1.24. The average Bonchev–Trinajstić information content (AvgIpc) is 2.92. The van der Waals surface area contributed by atoms with Gasteiger partial charge in [-0.25, -0.2) is 12.8 Å². The van der Waals surface area contributed by atoms with Gasteiger partial charge in [-0.3, -0.25) is 14.4 Å². The number of likely N-dealkylation sites (tertiary alicyclic amines) is 1. The number of anilines is 2. The molecule has 3 aromatic rings. The van der Waals surface area contributed by atoms with E-state index in [1.807, 2.05) is 12.1 Å². The molecule has 1 atom stereocenters. The smallest absolute Gasteiger partial charge is 0.241 e. The molecule has 0 aliphatic carbocycles. The molecule has 1 heterocycles. The van der Waals surface area contributed by atoms with Crippen LogP contribution in [0.5, 0.6) is 11.5 Å². The molecule has 0 radical (unpaired) electrons. The number of nitrogens with one attached hydrogen (secondary N) is 3. The summed E-state index contributed by atoms with van der Waals surface area (Å²) in [6.07, 6.45) is 3.73. The third kappa shape index (κ3) is 10.1. The highest BCUT2D eigenvalue weighted by Crippen LogP contribution is 2.25. The van der Waals surface area contributed by atoms with Crippen LogP contribution in [-0.4, -0.2) is 50.7 Å². The van der Waals surface area contributed by atoms with E-state index >= 15 is 0 Å². The largest absolute Gasteiger partial charge is 0.457 e. The topological polar surface area (TPSA) is 99.8 Å². The Morgan fingerprint density at radius 1 is 0.927 bits per heavy atom. The normalized spacial score (nSPS) is 15.4. The van der Waals surface area contributed by atoms with E-state index in [0.29, 0.717) is 28.8 Å². The maximum atomic E-state index is 13.2. The van der Waals surface area contributed by atoms with Crippen molar-refractivity contribution in [3.8, 4) is 11.5 Å². The molecule has 3 N–H and O–H groups in total. The summed E-state index contributed by atoms with van der Waals surface area (Å²) in [5.74, 6) is 1.26. The van der Waals surface area contributed by atoms with Crippen molar-refractivity contribution in [2.24, 2.45) is 5.92 Å². The zero-order valence-corrected chi connectivity index (χ0v) is 24.6. The number of halogens is 1. The Hall–Kier alpha value is -3.47. The van der Waals surface area contributed by atoms with Crippen LogP contribution in [0, 0.1) is 11.7 Å². The lowest BCUT2D eigenvalue weighted by molar-refractivity contribution is -0.118. The Morgan fingerprint density at radius 2 is 1.49 bits per heavy atom. The number of rotatable bonds is 12. The molecular weight excluding hydrogens is 543 g/mol. The summed E-state index contributed by atoms with van der Waals surface area (Å²) in [4.78, 5) is 15.4. The standard InChI is InChI=1S/C31H39FN4O4S/c1-22(2)20-30(31(37)34-25-8-6-24(32)7-9-25)33-26-16-18-36(19-17-26)21-23-4-12-28(13-5-23)40-29-14-10-27(11-15-29)35-41(3,38)39/h4-15,22,26,30,33,35H,16-21H2,1-3H3,(H,34,37). The Bertz CT molecular complexity index is 1370. The number of nitrogens with zero attached hydrogens (tertiary/aromatic N) is 1. The van der Waals surface area contributed by atoms with E-state index in [-0.39, 0.29) is 23.8 Å². The summed E-state index contributed by atoms with van der Waals surface area (Å²) in [7, 11) is -3.32. The molecule has 220 valence electrons. The van der Waals surface area contributed by atoms with Crippen LogP contribution >= 0.6 is 0 Å². The van der Waals surface area contributed by atoms with Gasteiger partial charge >= 0.3 is 0 Å². The van der Waals surface area contributed by atoms with Crippen LogP contribution in [-0.2, 0) is 21.4 Å². The van der Waals surface area contributed by atoms with E-state index in [0.717, 1.165) is 45.2 Å². The van der Waals surface area contributed by atoms with Crippen molar-refractivity contribution in [1.29, 1.82) is 0 Å². The number of carbonyl (C=O) groups is 1. The molecule has 0 aromatic heterocycles. The summed E-state index contributed by atoms with van der Waals surface area (Å²) >= 11 is 0. The maximum Gasteiger partial charge on any atom is 0.241 e. The third-order valence-electron chi connectivity index (χ3n) is 6.88. The van der Waals surface area contributed by atoms with Gasteiger partial charge in [0, 0.05) is 24.0 Å². The van der Waals surface area contributed by atoms with Crippen molar-refractivity contribution < 1.29 is 22.3 Å². The minimum atomic E-state index is -3.32. The van der Waals surface area contributed by atoms with Gasteiger partial charge in [0.2, 0.25) is 15.9 Å². The predicted octanol–water partition coefficient (Wildman–Crippen LogP) is 5.60. The van der Waals surface area contributed by atoms with Gasteiger partial charge in [0.25, 0.3) is 0 Å². The fourth-order valence-corrected chi connectivity index (χ4v) is 5.45. The summed E-state index contributed by atoms with van der Waals surface area (Å²) in [6.45, 7) is 6.90. The summed E-state index contributed by atoms with van der Waals surface area (Å²) in [5.41, 5.74) is 2.27. The van der Waals surface area contributed by atoms with Gasteiger partial charge in [-0.15, -0.1) is 0 Å². The van der Waals surface area contributed by atoms with Gasteiger partial charge in [0.15, 0.2) is 0 Å². The molecule has 1 aliphatic rings. The fraction of sp³-hybridized carbons (Fsp3) is 0.387. The van der Waals surface area contributed by atoms with Crippen LogP contribution in [0.4, 0.5) is 15.8 Å². The highest BCUT2D eigenvalue weighted by atomic mass is 32.2. The number of hydrogen-bond acceptors (Lipinski definition) is 6. The Kier molecular flexibility index (Phi) is 10.4. The number of sulfonamides is 1. The first-order valence-electron chi connectivity index (χ1n) is 13.9. The van der Waals surface area contributed by atoms with Gasteiger partial charge in [0.05, 0.1) is 12.3 Å². The number of hydrogen-bond donors (Lipinski definition) is 3. The maximum absolute atomic E-state index is 13.2. The average molecular weight is 583 g/mol. The van der Waals surface area contributed by atoms with Gasteiger partial charge in [-0.2, -0.15) is 0 Å². The second-order valence-electron chi connectivity index (χ2n) is 11.0. The molecule has 0 bridgehead atoms. The SMILES string of the molecule is CC(C)CC(NC1CCN(Cc2ccc(Oc3ccc(NS(C)(=O)=O)cc3)cc2)CC1)C(=O)Nc1ccc(F)cc1. The van der Waals surface area contributed by atoms with Gasteiger partial charge in [-0.1, -0.05) is 26.0 Å². The number of amides is 1. The molecular formula is C31H39FN4O4S. The molecule has 10 heteroatoms. The van der Waals surface area contributed by atoms with E-state index in [9.17, 15) is 17.6 Å². The second kappa shape index (κ2) is 13.9. The van der Waals surface area contributed by atoms with E-state index in [1.54, 1.807) is 36.4 Å². The van der Waals surface area contributed by atoms with Crippen LogP contribution < -0.4 is 20.1 Å². The van der Waals surface area contributed by atoms with Crippen molar-refractivity contribution in [3.05, 3.63) is 84.2 Å². The third-order valence-corrected chi connectivity index (χ3v) is 7.49. The Morgan fingerprint density at radius 3 is 2.05 bits per heavy atom. The van der Waals surface area contributed by atoms with Crippen LogP contribution in [0.1, 0.15) is 38.7 Å². The predicted molar refractivity (Wildman–Crippen MR) is 161 cm³/mol. The van der Waals surface area contributed by atoms with Crippen molar-refractivity contribution in [2.45, 2.75) is 51.7 Å². The van der Waals surface area contributed by atoms with E-state index in [2.05, 4.69) is 46.2 Å². The molecule has 8 nitrogen and oxygen atoms in total. The van der Waals surface area contributed by atoms with Crippen molar-refractivity contribution in [1.82, 2.24) is 10.2 Å². The van der Waals surface area contributed by atoms with Gasteiger partial charge in [0.1, 0.15) is 17.3 Å². The summed E-state index contributed by atoms with van der Waals surface area (Å²) < 4.78 is 44.3. The van der Waals surface area contributed by atoms with Crippen molar-refractivity contribution >= 4 is 27.3 Å². The van der Waals surface area contributed by atoms with E-state index in [1.165, 1.54) is 17.7 Å². The molecule has 3 aromatic carbocycles. The molecule has 0 saturated carbocycles. The lowest BCUT2D eigenvalue weighted by Crippen LogP contribution is -2.50. The fourth-order valence-electron chi connectivity index (χ4n) is 4.89.